The molecule has 3 aliphatic rings. The van der Waals surface area contributed by atoms with Crippen molar-refractivity contribution < 1.29 is 14.1 Å². The topological polar surface area (TPSA) is 151 Å². The third-order valence-electron chi connectivity index (χ3n) is 9.74. The maximum atomic E-state index is 12.5. The van der Waals surface area contributed by atoms with Crippen molar-refractivity contribution in [1.82, 2.24) is 25.0 Å². The van der Waals surface area contributed by atoms with Crippen LogP contribution in [0.15, 0.2) is 10.6 Å². The van der Waals surface area contributed by atoms with Crippen LogP contribution in [0.25, 0.3) is 11.5 Å². The Morgan fingerprint density at radius 3 is 2.74 bits per heavy atom. The molecule has 0 radical (unpaired) electrons. The molecule has 13 heteroatoms. The molecule has 5 heterocycles. The number of nitrogen functional groups attached to an aromatic ring is 1. The van der Waals surface area contributed by atoms with Gasteiger partial charge in [0, 0.05) is 61.7 Å². The number of nitriles is 1. The first-order valence-corrected chi connectivity index (χ1v) is 17.6. The molecular weight excluding hydrogens is 615 g/mol. The predicted molar refractivity (Wildman–Crippen MR) is 183 cm³/mol. The van der Waals surface area contributed by atoms with E-state index in [1.54, 1.807) is 4.90 Å². The molecule has 0 aromatic carbocycles. The van der Waals surface area contributed by atoms with Gasteiger partial charge in [0.25, 0.3) is 0 Å². The highest BCUT2D eigenvalue weighted by Crippen LogP contribution is 2.48. The highest BCUT2D eigenvalue weighted by atomic mass is 32.1. The third-order valence-corrected chi connectivity index (χ3v) is 10.8. The second-order valence-corrected chi connectivity index (χ2v) is 16.1. The van der Waals surface area contributed by atoms with Crippen LogP contribution in [-0.4, -0.2) is 76.0 Å². The summed E-state index contributed by atoms with van der Waals surface area (Å²) in [5.74, 6) is 3.20. The van der Waals surface area contributed by atoms with Crippen molar-refractivity contribution in [2.24, 2.45) is 11.8 Å². The molecule has 2 fully saturated rings. The Hall–Kier alpha value is -3.92. The fourth-order valence-corrected chi connectivity index (χ4v) is 8.51. The van der Waals surface area contributed by atoms with Crippen LogP contribution in [0.1, 0.15) is 95.5 Å². The molecule has 1 amide bonds. The lowest BCUT2D eigenvalue weighted by Crippen LogP contribution is -2.54. The molecule has 2 N–H and O–H groups in total. The number of fused-ring (bicyclic) bond motifs is 1. The Bertz CT molecular complexity index is 1670. The van der Waals surface area contributed by atoms with Crippen LogP contribution < -0.4 is 15.5 Å². The van der Waals surface area contributed by atoms with E-state index in [4.69, 9.17) is 29.9 Å². The van der Waals surface area contributed by atoms with Crippen LogP contribution >= 0.6 is 11.3 Å². The predicted octanol–water partition coefficient (Wildman–Crippen LogP) is 6.00. The van der Waals surface area contributed by atoms with Crippen molar-refractivity contribution in [1.29, 1.82) is 5.26 Å². The molecule has 6 rings (SSSR count). The number of amides is 1. The number of carbonyl (C=O) groups is 1. The number of nitrogens with zero attached hydrogens (tertiary/aromatic N) is 8. The van der Waals surface area contributed by atoms with E-state index in [-0.39, 0.29) is 18.1 Å². The maximum absolute atomic E-state index is 12.5. The normalized spacial score (nSPS) is 23.4. The van der Waals surface area contributed by atoms with E-state index in [0.717, 1.165) is 61.5 Å². The van der Waals surface area contributed by atoms with Crippen molar-refractivity contribution in [2.45, 2.75) is 97.1 Å². The molecule has 0 spiro atoms. The highest BCUT2D eigenvalue weighted by Gasteiger charge is 2.43. The number of likely N-dealkylation sites (tertiary alicyclic amines) is 1. The van der Waals surface area contributed by atoms with Crippen molar-refractivity contribution in [3.63, 3.8) is 0 Å². The number of thiophene rings is 1. The number of aromatic nitrogens is 4. The number of nitrogens with two attached hydrogens (primary N) is 1. The third kappa shape index (κ3) is 6.62. The second kappa shape index (κ2) is 12.6. The van der Waals surface area contributed by atoms with Gasteiger partial charge in [-0.05, 0) is 79.1 Å². The van der Waals surface area contributed by atoms with Gasteiger partial charge in [-0.2, -0.15) is 15.2 Å². The molecule has 1 aliphatic carbocycles. The van der Waals surface area contributed by atoms with Crippen LogP contribution in [0.4, 0.5) is 21.6 Å². The summed E-state index contributed by atoms with van der Waals surface area (Å²) in [6.45, 7) is 15.1. The van der Waals surface area contributed by atoms with Crippen molar-refractivity contribution in [3.05, 3.63) is 28.0 Å². The van der Waals surface area contributed by atoms with E-state index in [1.165, 1.54) is 17.8 Å². The van der Waals surface area contributed by atoms with Crippen LogP contribution in [0, 0.1) is 23.2 Å². The summed E-state index contributed by atoms with van der Waals surface area (Å²) >= 11 is 1.49. The molecule has 3 aromatic heterocycles. The molecule has 2 aliphatic heterocycles. The van der Waals surface area contributed by atoms with Gasteiger partial charge in [-0.15, -0.1) is 11.3 Å². The summed E-state index contributed by atoms with van der Waals surface area (Å²) in [6, 6.07) is 4.53. The SMILES string of the molecule is CC1CCCN(c2nc(-c3noc([C@@]4(C)CCCc5sc(N)c(C#N)c54)n3)cc(N(C)CC3CN(C(=O)OC(C)(C)C)C3)n2)[C@@H](C)C1. The molecule has 47 heavy (non-hydrogen) atoms. The zero-order valence-electron chi connectivity index (χ0n) is 28.7. The van der Waals surface area contributed by atoms with E-state index >= 15 is 0 Å². The fraction of sp³-hybridized carbons (Fsp3) is 0.647. The number of rotatable bonds is 6. The Kier molecular flexibility index (Phi) is 8.84. The van der Waals surface area contributed by atoms with Gasteiger partial charge in [-0.25, -0.2) is 9.78 Å². The largest absolute Gasteiger partial charge is 0.444 e. The van der Waals surface area contributed by atoms with E-state index in [2.05, 4.69) is 41.8 Å². The van der Waals surface area contributed by atoms with Crippen molar-refractivity contribution in [3.8, 4) is 17.6 Å². The van der Waals surface area contributed by atoms with Crippen LogP contribution in [0.3, 0.4) is 0 Å². The van der Waals surface area contributed by atoms with Crippen molar-refractivity contribution >= 4 is 34.2 Å². The average Bonchev–Trinajstić information content (AvgIpc) is 3.56. The molecule has 0 bridgehead atoms. The highest BCUT2D eigenvalue weighted by molar-refractivity contribution is 7.16. The first-order valence-electron chi connectivity index (χ1n) is 16.8. The molecule has 2 saturated heterocycles. The molecular formula is C34H47N9O3S. The molecule has 252 valence electrons. The average molecular weight is 662 g/mol. The monoisotopic (exact) mass is 661 g/mol. The van der Waals surface area contributed by atoms with Crippen LogP contribution in [0.5, 0.6) is 0 Å². The van der Waals surface area contributed by atoms with Gasteiger partial charge in [0.05, 0.1) is 11.0 Å². The second-order valence-electron chi connectivity index (χ2n) is 14.9. The first-order chi connectivity index (χ1) is 22.3. The number of aryl methyl sites for hydroxylation is 1. The standard InChI is InChI=1S/C34H47N9O3S/c1-20-10-9-13-43(21(2)14-20)31-37-24(15-26(38-31)41(7)17-22-18-42(19-22)32(44)45-33(3,4)5)29-39-30(46-40-29)34(6)12-8-11-25-27(34)23(16-35)28(36)47-25/h15,20-22H,8-14,17-19,36H2,1-7H3/t20?,21-,34-/m0/s1. The van der Waals surface area contributed by atoms with Crippen LogP contribution in [0.2, 0.25) is 0 Å². The summed E-state index contributed by atoms with van der Waals surface area (Å²) in [5.41, 5.74) is 7.15. The smallest absolute Gasteiger partial charge is 0.410 e. The van der Waals surface area contributed by atoms with Gasteiger partial charge in [-0.3, -0.25) is 0 Å². The lowest BCUT2D eigenvalue weighted by Gasteiger charge is -2.41. The zero-order chi connectivity index (χ0) is 33.7. The summed E-state index contributed by atoms with van der Waals surface area (Å²) in [5, 5.41) is 14.9. The number of anilines is 3. The Labute approximate surface area is 281 Å². The van der Waals surface area contributed by atoms with Gasteiger partial charge >= 0.3 is 6.09 Å². The summed E-state index contributed by atoms with van der Waals surface area (Å²) in [7, 11) is 2.02. The van der Waals surface area contributed by atoms with E-state index < -0.39 is 11.0 Å². The minimum absolute atomic E-state index is 0.272. The summed E-state index contributed by atoms with van der Waals surface area (Å²) < 4.78 is 11.5. The lowest BCUT2D eigenvalue weighted by molar-refractivity contribution is 0.000174. The van der Waals surface area contributed by atoms with E-state index in [0.29, 0.717) is 52.9 Å². The van der Waals surface area contributed by atoms with Gasteiger partial charge in [0.1, 0.15) is 28.2 Å². The number of ether oxygens (including phenoxy) is 1. The quantitative estimate of drug-likeness (QED) is 0.331. The van der Waals surface area contributed by atoms with Crippen LogP contribution in [-0.2, 0) is 16.6 Å². The first kappa shape index (κ1) is 33.0. The molecule has 3 atom stereocenters. The maximum Gasteiger partial charge on any atom is 0.410 e. The summed E-state index contributed by atoms with van der Waals surface area (Å²) in [4.78, 5) is 34.9. The van der Waals surface area contributed by atoms with Gasteiger partial charge in [0.15, 0.2) is 0 Å². The van der Waals surface area contributed by atoms with Gasteiger partial charge < -0.3 is 29.7 Å². The number of hydrogen-bond acceptors (Lipinski definition) is 12. The van der Waals surface area contributed by atoms with Gasteiger partial charge in [-0.1, -0.05) is 12.1 Å². The fourth-order valence-electron chi connectivity index (χ4n) is 7.32. The van der Waals surface area contributed by atoms with E-state index in [1.807, 2.05) is 33.9 Å². The molecule has 12 nitrogen and oxygen atoms in total. The van der Waals surface area contributed by atoms with Gasteiger partial charge in [0.2, 0.25) is 17.7 Å². The number of carbonyl (C=O) groups excluding carboxylic acids is 1. The minimum Gasteiger partial charge on any atom is -0.444 e. The van der Waals surface area contributed by atoms with Crippen molar-refractivity contribution in [2.75, 3.05) is 48.8 Å². The van der Waals surface area contributed by atoms with E-state index in [9.17, 15) is 10.1 Å². The molecule has 1 unspecified atom stereocenters. The zero-order valence-corrected chi connectivity index (χ0v) is 29.5. The number of hydrogen-bond donors (Lipinski definition) is 1. The lowest BCUT2D eigenvalue weighted by atomic mass is 9.72. The minimum atomic E-state index is -0.618. The Morgan fingerprint density at radius 1 is 1.26 bits per heavy atom. The summed E-state index contributed by atoms with van der Waals surface area (Å²) in [6.07, 6.45) is 5.65. The Morgan fingerprint density at radius 2 is 2.02 bits per heavy atom. The Balaban J connectivity index is 1.30. The molecule has 0 saturated carbocycles. The molecule has 3 aromatic rings.